The summed E-state index contributed by atoms with van der Waals surface area (Å²) in [5.41, 5.74) is 0. The molecule has 0 heterocycles. The van der Waals surface area contributed by atoms with Crippen molar-refractivity contribution in [1.82, 2.24) is 0 Å². The second-order valence-electron chi connectivity index (χ2n) is 3.44. The van der Waals surface area contributed by atoms with Gasteiger partial charge in [-0.05, 0) is 27.2 Å². The summed E-state index contributed by atoms with van der Waals surface area (Å²) in [6.45, 7) is 8.04. The summed E-state index contributed by atoms with van der Waals surface area (Å²) in [4.78, 5) is 0. The Kier molecular flexibility index (Phi) is 9.49. The SMILES string of the molecule is BCCCC[Si](OCC)(OCC)OCC. The van der Waals surface area contributed by atoms with Gasteiger partial charge in [-0.2, -0.15) is 0 Å². The first-order valence-corrected chi connectivity index (χ1v) is 8.09. The van der Waals surface area contributed by atoms with Gasteiger partial charge in [-0.3, -0.25) is 0 Å². The Balaban J connectivity index is 4.18. The molecule has 5 heteroatoms. The van der Waals surface area contributed by atoms with Crippen LogP contribution in [0.25, 0.3) is 0 Å². The predicted molar refractivity (Wildman–Crippen MR) is 68.0 cm³/mol. The average Bonchev–Trinajstić information content (AvgIpc) is 2.19. The molecule has 0 amide bonds. The van der Waals surface area contributed by atoms with Crippen LogP contribution in [0.5, 0.6) is 0 Å². The molecule has 0 aromatic heterocycles. The quantitative estimate of drug-likeness (QED) is 0.425. The minimum atomic E-state index is -2.33. The smallest absolute Gasteiger partial charge is 0.374 e. The molecule has 0 atom stereocenters. The molecule has 3 nitrogen and oxygen atoms in total. The van der Waals surface area contributed by atoms with Crippen molar-refractivity contribution in [3.05, 3.63) is 0 Å². The van der Waals surface area contributed by atoms with E-state index in [4.69, 9.17) is 13.3 Å². The molecule has 15 heavy (non-hydrogen) atoms. The summed E-state index contributed by atoms with van der Waals surface area (Å²) in [6.07, 6.45) is 3.58. The van der Waals surface area contributed by atoms with Gasteiger partial charge in [-0.15, -0.1) is 0 Å². The second kappa shape index (κ2) is 9.39. The van der Waals surface area contributed by atoms with Crippen molar-refractivity contribution in [2.45, 2.75) is 46.0 Å². The third-order valence-corrected chi connectivity index (χ3v) is 5.33. The minimum Gasteiger partial charge on any atom is -0.374 e. The van der Waals surface area contributed by atoms with Gasteiger partial charge in [0.1, 0.15) is 7.85 Å². The molecule has 0 aliphatic carbocycles. The van der Waals surface area contributed by atoms with Crippen LogP contribution in [0.1, 0.15) is 33.6 Å². The molecule has 90 valence electrons. The van der Waals surface area contributed by atoms with E-state index in [9.17, 15) is 0 Å². The maximum atomic E-state index is 5.75. The molecule has 0 spiro atoms. The van der Waals surface area contributed by atoms with Crippen LogP contribution in [0.15, 0.2) is 0 Å². The van der Waals surface area contributed by atoms with E-state index in [1.54, 1.807) is 0 Å². The zero-order valence-electron chi connectivity index (χ0n) is 10.7. The second-order valence-corrected chi connectivity index (χ2v) is 6.17. The molecule has 0 rings (SSSR count). The van der Waals surface area contributed by atoms with Gasteiger partial charge < -0.3 is 13.3 Å². The Morgan fingerprint density at radius 3 is 1.67 bits per heavy atom. The largest absolute Gasteiger partial charge is 0.500 e. The minimum absolute atomic E-state index is 0.679. The van der Waals surface area contributed by atoms with Crippen LogP contribution in [0, 0.1) is 0 Å². The van der Waals surface area contributed by atoms with Crippen molar-refractivity contribution in [3.63, 3.8) is 0 Å². The Bertz CT molecular complexity index is 130. The molecule has 0 fully saturated rings. The summed E-state index contributed by atoms with van der Waals surface area (Å²) < 4.78 is 17.3. The van der Waals surface area contributed by atoms with Gasteiger partial charge >= 0.3 is 8.80 Å². The fourth-order valence-corrected chi connectivity index (χ4v) is 4.28. The Hall–Kier alpha value is 0.162. The maximum Gasteiger partial charge on any atom is 0.500 e. The van der Waals surface area contributed by atoms with Crippen LogP contribution in [-0.2, 0) is 13.3 Å². The zero-order chi connectivity index (χ0) is 11.6. The predicted octanol–water partition coefficient (Wildman–Crippen LogP) is 1.87. The van der Waals surface area contributed by atoms with Crippen molar-refractivity contribution in [2.24, 2.45) is 0 Å². The Labute approximate surface area is 96.3 Å². The highest BCUT2D eigenvalue weighted by molar-refractivity contribution is 6.60. The van der Waals surface area contributed by atoms with Gasteiger partial charge in [0.15, 0.2) is 0 Å². The third kappa shape index (κ3) is 6.35. The molecule has 0 radical (unpaired) electrons. The van der Waals surface area contributed by atoms with Crippen molar-refractivity contribution in [3.8, 4) is 0 Å². The fourth-order valence-electron chi connectivity index (χ4n) is 1.59. The standard InChI is InChI=1S/C10H25BO3Si/c1-4-12-15(13-5-2,14-6-3)10-8-7-9-11/h4-11H2,1-3H3. The molecule has 0 aliphatic heterocycles. The van der Waals surface area contributed by atoms with Crippen molar-refractivity contribution in [2.75, 3.05) is 19.8 Å². The van der Waals surface area contributed by atoms with E-state index in [0.29, 0.717) is 19.8 Å². The summed E-state index contributed by atoms with van der Waals surface area (Å²) in [6, 6.07) is 0.955. The normalized spacial score (nSPS) is 11.9. The molecule has 0 aliphatic rings. The molecular formula is C10H25BO3Si. The van der Waals surface area contributed by atoms with Crippen LogP contribution in [-0.4, -0.2) is 36.5 Å². The number of unbranched alkanes of at least 4 members (excludes halogenated alkanes) is 1. The lowest BCUT2D eigenvalue weighted by Gasteiger charge is -2.28. The molecular weight excluding hydrogens is 207 g/mol. The molecule has 0 N–H and O–H groups in total. The third-order valence-electron chi connectivity index (χ3n) is 2.18. The molecule has 0 saturated heterocycles. The Morgan fingerprint density at radius 1 is 0.867 bits per heavy atom. The lowest BCUT2D eigenvalue weighted by Crippen LogP contribution is -2.45. The molecule has 0 unspecified atom stereocenters. The van der Waals surface area contributed by atoms with Gasteiger partial charge in [-0.1, -0.05) is 12.7 Å². The van der Waals surface area contributed by atoms with Crippen molar-refractivity contribution >= 4 is 16.7 Å². The molecule has 0 aromatic rings. The van der Waals surface area contributed by atoms with E-state index in [2.05, 4.69) is 7.85 Å². The maximum absolute atomic E-state index is 5.75. The van der Waals surface area contributed by atoms with Crippen molar-refractivity contribution < 1.29 is 13.3 Å². The van der Waals surface area contributed by atoms with Crippen LogP contribution in [0.3, 0.4) is 0 Å². The van der Waals surface area contributed by atoms with Gasteiger partial charge in [0, 0.05) is 25.9 Å². The lowest BCUT2D eigenvalue weighted by atomic mass is 10.0. The van der Waals surface area contributed by atoms with Crippen LogP contribution in [0.2, 0.25) is 12.4 Å². The first-order chi connectivity index (χ1) is 7.24. The summed E-state index contributed by atoms with van der Waals surface area (Å²) >= 11 is 0. The monoisotopic (exact) mass is 232 g/mol. The Morgan fingerprint density at radius 2 is 1.33 bits per heavy atom. The summed E-state index contributed by atoms with van der Waals surface area (Å²) in [5.74, 6) is 0. The lowest BCUT2D eigenvalue weighted by molar-refractivity contribution is 0.0708. The van der Waals surface area contributed by atoms with Gasteiger partial charge in [0.05, 0.1) is 0 Å². The van der Waals surface area contributed by atoms with E-state index in [1.807, 2.05) is 20.8 Å². The first-order valence-electron chi connectivity index (χ1n) is 6.16. The van der Waals surface area contributed by atoms with E-state index in [-0.39, 0.29) is 0 Å². The topological polar surface area (TPSA) is 27.7 Å². The van der Waals surface area contributed by atoms with Crippen molar-refractivity contribution in [1.29, 1.82) is 0 Å². The summed E-state index contributed by atoms with van der Waals surface area (Å²) in [5, 5.41) is 0. The highest BCUT2D eigenvalue weighted by atomic mass is 28.4. The number of hydrogen-bond donors (Lipinski definition) is 0. The van der Waals surface area contributed by atoms with Crippen LogP contribution in [0.4, 0.5) is 0 Å². The number of hydrogen-bond acceptors (Lipinski definition) is 3. The highest BCUT2D eigenvalue weighted by Gasteiger charge is 2.39. The summed E-state index contributed by atoms with van der Waals surface area (Å²) in [7, 11) is -0.133. The van der Waals surface area contributed by atoms with E-state index in [1.165, 1.54) is 12.7 Å². The fraction of sp³-hybridized carbons (Fsp3) is 1.00. The zero-order valence-corrected chi connectivity index (χ0v) is 11.7. The molecule has 0 saturated carbocycles. The number of rotatable bonds is 10. The molecule has 0 bridgehead atoms. The van der Waals surface area contributed by atoms with Crippen LogP contribution < -0.4 is 0 Å². The first kappa shape index (κ1) is 15.2. The van der Waals surface area contributed by atoms with E-state index < -0.39 is 8.80 Å². The van der Waals surface area contributed by atoms with E-state index >= 15 is 0 Å². The van der Waals surface area contributed by atoms with Gasteiger partial charge in [0.2, 0.25) is 0 Å². The highest BCUT2D eigenvalue weighted by Crippen LogP contribution is 2.19. The van der Waals surface area contributed by atoms with Gasteiger partial charge in [0.25, 0.3) is 0 Å². The molecule has 0 aromatic carbocycles. The average molecular weight is 232 g/mol. The van der Waals surface area contributed by atoms with Crippen LogP contribution >= 0.6 is 0 Å². The van der Waals surface area contributed by atoms with Gasteiger partial charge in [-0.25, -0.2) is 0 Å². The van der Waals surface area contributed by atoms with E-state index in [0.717, 1.165) is 12.5 Å².